The zero-order chi connectivity index (χ0) is 12.0. The maximum Gasteiger partial charge on any atom is 0.254 e. The molecule has 1 rings (SSSR count). The van der Waals surface area contributed by atoms with Crippen molar-refractivity contribution in [3.05, 3.63) is 35.4 Å². The molecule has 0 aliphatic heterocycles. The summed E-state index contributed by atoms with van der Waals surface area (Å²) in [6.45, 7) is 0.433. The smallest absolute Gasteiger partial charge is 0.254 e. The second-order valence-electron chi connectivity index (χ2n) is 3.28. The van der Waals surface area contributed by atoms with E-state index in [4.69, 9.17) is 11.6 Å². The van der Waals surface area contributed by atoms with Crippen LogP contribution in [0.1, 0.15) is 23.2 Å². The fourth-order valence-electron chi connectivity index (χ4n) is 1.19. The number of carbonyl (C=O) groups excluding carboxylic acids is 1. The quantitative estimate of drug-likeness (QED) is 0.629. The molecule has 0 radical (unpaired) electrons. The minimum Gasteiger partial charge on any atom is -0.352 e. The summed E-state index contributed by atoms with van der Waals surface area (Å²) >= 11 is 5.46. The SMILES string of the molecule is O=C(NCCCCCl)c1ccc(F)cc1F. The van der Waals surface area contributed by atoms with E-state index in [1.165, 1.54) is 0 Å². The lowest BCUT2D eigenvalue weighted by atomic mass is 10.2. The Morgan fingerprint density at radius 2 is 2.06 bits per heavy atom. The molecular formula is C11H12ClF2NO. The number of nitrogens with one attached hydrogen (secondary N) is 1. The third-order valence-electron chi connectivity index (χ3n) is 2.02. The minimum atomic E-state index is -0.852. The van der Waals surface area contributed by atoms with Gasteiger partial charge in [-0.05, 0) is 25.0 Å². The molecule has 1 amide bonds. The first-order valence-corrected chi connectivity index (χ1v) is 5.48. The van der Waals surface area contributed by atoms with Crippen LogP contribution in [-0.2, 0) is 0 Å². The van der Waals surface area contributed by atoms with Gasteiger partial charge in [0, 0.05) is 18.5 Å². The van der Waals surface area contributed by atoms with Gasteiger partial charge in [-0.2, -0.15) is 0 Å². The van der Waals surface area contributed by atoms with Crippen LogP contribution < -0.4 is 5.32 Å². The Labute approximate surface area is 97.6 Å². The van der Waals surface area contributed by atoms with Gasteiger partial charge in [0.15, 0.2) is 0 Å². The molecule has 0 aliphatic rings. The summed E-state index contributed by atoms with van der Waals surface area (Å²) in [5.41, 5.74) is -0.146. The Bertz CT molecular complexity index is 371. The fraction of sp³-hybridized carbons (Fsp3) is 0.364. The molecule has 0 aliphatic carbocycles. The van der Waals surface area contributed by atoms with Crippen molar-refractivity contribution in [2.45, 2.75) is 12.8 Å². The van der Waals surface area contributed by atoms with Crippen LogP contribution in [0.15, 0.2) is 18.2 Å². The Hall–Kier alpha value is -1.16. The van der Waals surface area contributed by atoms with Gasteiger partial charge in [0.2, 0.25) is 0 Å². The van der Waals surface area contributed by atoms with Crippen molar-refractivity contribution < 1.29 is 13.6 Å². The van der Waals surface area contributed by atoms with Gasteiger partial charge in [0.25, 0.3) is 5.91 Å². The van der Waals surface area contributed by atoms with Crippen LogP contribution in [-0.4, -0.2) is 18.3 Å². The molecular weight excluding hydrogens is 236 g/mol. The number of unbranched alkanes of at least 4 members (excludes halogenated alkanes) is 1. The molecule has 88 valence electrons. The van der Waals surface area contributed by atoms with Gasteiger partial charge in [-0.3, -0.25) is 4.79 Å². The second kappa shape index (κ2) is 6.43. The molecule has 0 spiro atoms. The third kappa shape index (κ3) is 3.77. The van der Waals surface area contributed by atoms with Crippen molar-refractivity contribution in [1.82, 2.24) is 5.32 Å². The topological polar surface area (TPSA) is 29.1 Å². The average Bonchev–Trinajstić information content (AvgIpc) is 2.24. The van der Waals surface area contributed by atoms with Gasteiger partial charge >= 0.3 is 0 Å². The lowest BCUT2D eigenvalue weighted by Crippen LogP contribution is -2.25. The van der Waals surface area contributed by atoms with Crippen LogP contribution in [0.3, 0.4) is 0 Å². The highest BCUT2D eigenvalue weighted by atomic mass is 35.5. The van der Waals surface area contributed by atoms with Crippen LogP contribution in [0.4, 0.5) is 8.78 Å². The van der Waals surface area contributed by atoms with Crippen molar-refractivity contribution >= 4 is 17.5 Å². The molecule has 0 unspecified atom stereocenters. The average molecular weight is 248 g/mol. The largest absolute Gasteiger partial charge is 0.352 e. The van der Waals surface area contributed by atoms with Crippen molar-refractivity contribution in [3.63, 3.8) is 0 Å². The Morgan fingerprint density at radius 3 is 2.69 bits per heavy atom. The van der Waals surface area contributed by atoms with Crippen molar-refractivity contribution in [1.29, 1.82) is 0 Å². The highest BCUT2D eigenvalue weighted by Gasteiger charge is 2.11. The summed E-state index contributed by atoms with van der Waals surface area (Å²) in [6, 6.07) is 2.87. The van der Waals surface area contributed by atoms with Crippen LogP contribution in [0.25, 0.3) is 0 Å². The molecule has 0 heterocycles. The third-order valence-corrected chi connectivity index (χ3v) is 2.29. The molecule has 0 aromatic heterocycles. The Kier molecular flexibility index (Phi) is 5.19. The van der Waals surface area contributed by atoms with Gasteiger partial charge in [-0.1, -0.05) is 0 Å². The highest BCUT2D eigenvalue weighted by molar-refractivity contribution is 6.17. The first kappa shape index (κ1) is 12.9. The zero-order valence-electron chi connectivity index (χ0n) is 8.60. The molecule has 1 aromatic carbocycles. The molecule has 16 heavy (non-hydrogen) atoms. The summed E-state index contributed by atoms with van der Waals surface area (Å²) < 4.78 is 25.7. The van der Waals surface area contributed by atoms with Gasteiger partial charge in [-0.15, -0.1) is 11.6 Å². The first-order valence-electron chi connectivity index (χ1n) is 4.94. The van der Waals surface area contributed by atoms with E-state index in [0.29, 0.717) is 18.5 Å². The van der Waals surface area contributed by atoms with E-state index in [1.54, 1.807) is 0 Å². The van der Waals surface area contributed by atoms with Crippen molar-refractivity contribution in [2.24, 2.45) is 0 Å². The van der Waals surface area contributed by atoms with E-state index in [0.717, 1.165) is 25.0 Å². The minimum absolute atomic E-state index is 0.146. The predicted molar refractivity (Wildman–Crippen MR) is 58.6 cm³/mol. The second-order valence-corrected chi connectivity index (χ2v) is 3.65. The number of carbonyl (C=O) groups is 1. The Morgan fingerprint density at radius 1 is 1.31 bits per heavy atom. The molecule has 1 N–H and O–H groups in total. The summed E-state index contributed by atoms with van der Waals surface area (Å²) in [7, 11) is 0. The fourth-order valence-corrected chi connectivity index (χ4v) is 1.38. The number of halogens is 3. The number of amides is 1. The summed E-state index contributed by atoms with van der Waals surface area (Å²) in [6.07, 6.45) is 1.52. The normalized spacial score (nSPS) is 10.2. The molecule has 0 saturated heterocycles. The number of hydrogen-bond acceptors (Lipinski definition) is 1. The van der Waals surface area contributed by atoms with E-state index in [1.807, 2.05) is 0 Å². The van der Waals surface area contributed by atoms with E-state index in [-0.39, 0.29) is 5.56 Å². The van der Waals surface area contributed by atoms with Gasteiger partial charge in [-0.25, -0.2) is 8.78 Å². The number of alkyl halides is 1. The van der Waals surface area contributed by atoms with E-state index < -0.39 is 17.5 Å². The zero-order valence-corrected chi connectivity index (χ0v) is 9.36. The highest BCUT2D eigenvalue weighted by Crippen LogP contribution is 2.09. The van der Waals surface area contributed by atoms with Gasteiger partial charge in [0.1, 0.15) is 11.6 Å². The van der Waals surface area contributed by atoms with Gasteiger partial charge < -0.3 is 5.32 Å². The van der Waals surface area contributed by atoms with Gasteiger partial charge in [0.05, 0.1) is 5.56 Å². The van der Waals surface area contributed by atoms with Crippen LogP contribution in [0.2, 0.25) is 0 Å². The Balaban J connectivity index is 2.53. The van der Waals surface area contributed by atoms with Crippen LogP contribution in [0.5, 0.6) is 0 Å². The molecule has 2 nitrogen and oxygen atoms in total. The number of benzene rings is 1. The summed E-state index contributed by atoms with van der Waals surface area (Å²) in [4.78, 5) is 11.4. The molecule has 0 atom stereocenters. The molecule has 0 fully saturated rings. The molecule has 5 heteroatoms. The molecule has 1 aromatic rings. The molecule has 0 saturated carbocycles. The maximum atomic E-state index is 13.2. The van der Waals surface area contributed by atoms with Crippen molar-refractivity contribution in [3.8, 4) is 0 Å². The number of rotatable bonds is 5. The van der Waals surface area contributed by atoms with Crippen molar-refractivity contribution in [2.75, 3.05) is 12.4 Å². The lowest BCUT2D eigenvalue weighted by molar-refractivity contribution is 0.0949. The van der Waals surface area contributed by atoms with E-state index in [2.05, 4.69) is 5.32 Å². The first-order chi connectivity index (χ1) is 7.65. The summed E-state index contributed by atoms with van der Waals surface area (Å²) in [5.74, 6) is -1.56. The van der Waals surface area contributed by atoms with Crippen LogP contribution in [0, 0.1) is 11.6 Å². The standard InChI is InChI=1S/C11H12ClF2NO/c12-5-1-2-6-15-11(16)9-4-3-8(13)7-10(9)14/h3-4,7H,1-2,5-6H2,(H,15,16). The predicted octanol–water partition coefficient (Wildman–Crippen LogP) is 2.71. The number of hydrogen-bond donors (Lipinski definition) is 1. The maximum absolute atomic E-state index is 13.2. The molecule has 0 bridgehead atoms. The van der Waals surface area contributed by atoms with E-state index in [9.17, 15) is 13.6 Å². The van der Waals surface area contributed by atoms with E-state index >= 15 is 0 Å². The lowest BCUT2D eigenvalue weighted by Gasteiger charge is -2.05. The monoisotopic (exact) mass is 247 g/mol. The summed E-state index contributed by atoms with van der Waals surface area (Å²) in [5, 5.41) is 2.53. The van der Waals surface area contributed by atoms with Crippen LogP contribution >= 0.6 is 11.6 Å².